The molecule has 4 rings (SSSR count). The second kappa shape index (κ2) is 7.28. The van der Waals surface area contributed by atoms with Gasteiger partial charge in [-0.25, -0.2) is 4.98 Å². The minimum Gasteiger partial charge on any atom is -0.364 e. The Kier molecular flexibility index (Phi) is 4.68. The lowest BCUT2D eigenvalue weighted by Gasteiger charge is -2.09. The lowest BCUT2D eigenvalue weighted by molar-refractivity contribution is 0.612. The van der Waals surface area contributed by atoms with Crippen LogP contribution in [0, 0.1) is 0 Å². The molecule has 0 aliphatic rings. The molecule has 7 nitrogen and oxygen atoms in total. The van der Waals surface area contributed by atoms with Gasteiger partial charge in [-0.05, 0) is 49.2 Å². The molecule has 0 amide bonds. The first kappa shape index (κ1) is 17.4. The molecule has 0 saturated heterocycles. The third-order valence-electron chi connectivity index (χ3n) is 4.19. The van der Waals surface area contributed by atoms with Crippen molar-refractivity contribution in [3.05, 3.63) is 60.0 Å². The van der Waals surface area contributed by atoms with Gasteiger partial charge in [0.25, 0.3) is 0 Å². The third-order valence-corrected chi connectivity index (χ3v) is 4.36. The minimum atomic E-state index is 0.192. The van der Waals surface area contributed by atoms with Gasteiger partial charge in [0, 0.05) is 36.7 Å². The SMILES string of the molecule is CC(C)n1cnc2c(NCc3ccc(-c4cccnc4)nc3)nc(Cl)nc21. The standard InChI is InChI=1S/C19H18ClN7/c1-12(2)27-11-24-16-17(25-19(20)26-18(16)27)23-9-13-5-6-15(22-8-13)14-4-3-7-21-10-14/h3-8,10-12H,9H2,1-2H3,(H,23,25,26). The number of imidazole rings is 1. The van der Waals surface area contributed by atoms with Crippen LogP contribution in [0.1, 0.15) is 25.5 Å². The average molecular weight is 380 g/mol. The molecule has 0 fully saturated rings. The van der Waals surface area contributed by atoms with Crippen LogP contribution in [0.15, 0.2) is 49.2 Å². The Morgan fingerprint density at radius 3 is 2.70 bits per heavy atom. The predicted octanol–water partition coefficient (Wildman–Crippen LogP) is 4.13. The summed E-state index contributed by atoms with van der Waals surface area (Å²) in [5.74, 6) is 0.612. The van der Waals surface area contributed by atoms with Gasteiger partial charge in [0.15, 0.2) is 17.0 Å². The predicted molar refractivity (Wildman–Crippen MR) is 106 cm³/mol. The number of nitrogens with zero attached hydrogens (tertiary/aromatic N) is 6. The fourth-order valence-electron chi connectivity index (χ4n) is 2.79. The van der Waals surface area contributed by atoms with Gasteiger partial charge in [0.2, 0.25) is 5.28 Å². The normalized spacial score (nSPS) is 11.3. The van der Waals surface area contributed by atoms with E-state index in [0.717, 1.165) is 22.5 Å². The molecule has 136 valence electrons. The molecule has 1 N–H and O–H groups in total. The number of fused-ring (bicyclic) bond motifs is 1. The van der Waals surface area contributed by atoms with Crippen LogP contribution in [0.2, 0.25) is 5.28 Å². The van der Waals surface area contributed by atoms with Crippen LogP contribution in [0.25, 0.3) is 22.4 Å². The van der Waals surface area contributed by atoms with Crippen LogP contribution >= 0.6 is 11.6 Å². The van der Waals surface area contributed by atoms with E-state index in [0.29, 0.717) is 17.9 Å². The van der Waals surface area contributed by atoms with E-state index in [4.69, 9.17) is 11.6 Å². The van der Waals surface area contributed by atoms with Crippen molar-refractivity contribution in [3.63, 3.8) is 0 Å². The molecule has 0 unspecified atom stereocenters. The maximum absolute atomic E-state index is 6.11. The van der Waals surface area contributed by atoms with E-state index in [-0.39, 0.29) is 11.3 Å². The number of anilines is 1. The molecule has 0 aromatic carbocycles. The zero-order valence-corrected chi connectivity index (χ0v) is 15.7. The van der Waals surface area contributed by atoms with Crippen LogP contribution in [0.3, 0.4) is 0 Å². The van der Waals surface area contributed by atoms with E-state index < -0.39 is 0 Å². The van der Waals surface area contributed by atoms with Crippen molar-refractivity contribution in [1.82, 2.24) is 29.5 Å². The molecule has 8 heteroatoms. The Balaban J connectivity index is 1.55. The van der Waals surface area contributed by atoms with Gasteiger partial charge >= 0.3 is 0 Å². The Hall–Kier alpha value is -3.06. The van der Waals surface area contributed by atoms with E-state index in [2.05, 4.69) is 44.1 Å². The number of pyridine rings is 2. The quantitative estimate of drug-likeness (QED) is 0.525. The number of rotatable bonds is 5. The fourth-order valence-corrected chi connectivity index (χ4v) is 2.96. The van der Waals surface area contributed by atoms with E-state index in [9.17, 15) is 0 Å². The lowest BCUT2D eigenvalue weighted by atomic mass is 10.1. The van der Waals surface area contributed by atoms with Gasteiger partial charge in [-0.3, -0.25) is 9.97 Å². The number of aromatic nitrogens is 6. The van der Waals surface area contributed by atoms with E-state index >= 15 is 0 Å². The van der Waals surface area contributed by atoms with Crippen molar-refractivity contribution < 1.29 is 0 Å². The van der Waals surface area contributed by atoms with E-state index in [1.54, 1.807) is 18.7 Å². The summed E-state index contributed by atoms with van der Waals surface area (Å²) in [6.07, 6.45) is 7.14. The van der Waals surface area contributed by atoms with E-state index in [1.165, 1.54) is 0 Å². The summed E-state index contributed by atoms with van der Waals surface area (Å²) in [5, 5.41) is 3.48. The van der Waals surface area contributed by atoms with Gasteiger partial charge in [0.1, 0.15) is 0 Å². The molecule has 27 heavy (non-hydrogen) atoms. The Labute approximate surface area is 161 Å². The second-order valence-corrected chi connectivity index (χ2v) is 6.74. The topological polar surface area (TPSA) is 81.4 Å². The van der Waals surface area contributed by atoms with Crippen molar-refractivity contribution in [2.75, 3.05) is 5.32 Å². The zero-order valence-electron chi connectivity index (χ0n) is 15.0. The lowest BCUT2D eigenvalue weighted by Crippen LogP contribution is -2.05. The highest BCUT2D eigenvalue weighted by atomic mass is 35.5. The van der Waals surface area contributed by atoms with Crippen molar-refractivity contribution in [1.29, 1.82) is 0 Å². The number of hydrogen-bond donors (Lipinski definition) is 1. The number of halogens is 1. The van der Waals surface area contributed by atoms with Crippen molar-refractivity contribution in [3.8, 4) is 11.3 Å². The highest BCUT2D eigenvalue weighted by molar-refractivity contribution is 6.28. The molecule has 4 aromatic heterocycles. The molecule has 0 atom stereocenters. The number of hydrogen-bond acceptors (Lipinski definition) is 6. The summed E-state index contributed by atoms with van der Waals surface area (Å²) < 4.78 is 1.97. The number of nitrogens with one attached hydrogen (secondary N) is 1. The van der Waals surface area contributed by atoms with Gasteiger partial charge in [-0.2, -0.15) is 9.97 Å². The Morgan fingerprint density at radius 1 is 1.11 bits per heavy atom. The summed E-state index contributed by atoms with van der Waals surface area (Å²) in [6, 6.07) is 8.11. The summed E-state index contributed by atoms with van der Waals surface area (Å²) in [4.78, 5) is 21.7. The van der Waals surface area contributed by atoms with Crippen LogP contribution in [-0.4, -0.2) is 29.5 Å². The molecule has 0 spiro atoms. The zero-order chi connectivity index (χ0) is 18.8. The first-order chi connectivity index (χ1) is 13.1. The summed E-state index contributed by atoms with van der Waals surface area (Å²) >= 11 is 6.11. The maximum Gasteiger partial charge on any atom is 0.226 e. The summed E-state index contributed by atoms with van der Waals surface area (Å²) in [5.41, 5.74) is 4.31. The van der Waals surface area contributed by atoms with Gasteiger partial charge in [-0.15, -0.1) is 0 Å². The van der Waals surface area contributed by atoms with Crippen molar-refractivity contribution in [2.45, 2.75) is 26.4 Å². The molecule has 4 heterocycles. The van der Waals surface area contributed by atoms with Crippen molar-refractivity contribution in [2.24, 2.45) is 0 Å². The molecule has 0 aliphatic carbocycles. The van der Waals surface area contributed by atoms with Crippen LogP contribution < -0.4 is 5.32 Å². The van der Waals surface area contributed by atoms with E-state index in [1.807, 2.05) is 35.0 Å². The molecular weight excluding hydrogens is 362 g/mol. The second-order valence-electron chi connectivity index (χ2n) is 6.41. The first-order valence-electron chi connectivity index (χ1n) is 8.61. The Bertz CT molecular complexity index is 1060. The summed E-state index contributed by atoms with van der Waals surface area (Å²) in [6.45, 7) is 4.69. The van der Waals surface area contributed by atoms with Crippen LogP contribution in [0.4, 0.5) is 5.82 Å². The average Bonchev–Trinajstić information content (AvgIpc) is 3.11. The molecule has 0 aliphatic heterocycles. The molecule has 0 radical (unpaired) electrons. The fraction of sp³-hybridized carbons (Fsp3) is 0.211. The minimum absolute atomic E-state index is 0.192. The monoisotopic (exact) mass is 379 g/mol. The maximum atomic E-state index is 6.11. The van der Waals surface area contributed by atoms with Crippen molar-refractivity contribution >= 4 is 28.6 Å². The van der Waals surface area contributed by atoms with Gasteiger partial charge < -0.3 is 9.88 Å². The third kappa shape index (κ3) is 3.59. The van der Waals surface area contributed by atoms with Crippen LogP contribution in [0.5, 0.6) is 0 Å². The van der Waals surface area contributed by atoms with Crippen LogP contribution in [-0.2, 0) is 6.54 Å². The summed E-state index contributed by atoms with van der Waals surface area (Å²) in [7, 11) is 0. The molecule has 4 aromatic rings. The molecular formula is C19H18ClN7. The molecule has 0 bridgehead atoms. The highest BCUT2D eigenvalue weighted by Crippen LogP contribution is 2.24. The first-order valence-corrected chi connectivity index (χ1v) is 8.99. The Morgan fingerprint density at radius 2 is 2.00 bits per heavy atom. The van der Waals surface area contributed by atoms with Gasteiger partial charge in [0.05, 0.1) is 12.0 Å². The highest BCUT2D eigenvalue weighted by Gasteiger charge is 2.14. The van der Waals surface area contributed by atoms with Gasteiger partial charge in [-0.1, -0.05) is 6.07 Å². The smallest absolute Gasteiger partial charge is 0.226 e. The molecule has 0 saturated carbocycles. The largest absolute Gasteiger partial charge is 0.364 e.